The number of rotatable bonds is 9. The summed E-state index contributed by atoms with van der Waals surface area (Å²) in [6.45, 7) is 11.9. The third-order valence-corrected chi connectivity index (χ3v) is 3.98. The van der Waals surface area contributed by atoms with E-state index in [9.17, 15) is 4.79 Å². The molecule has 6 heteroatoms. The molecule has 0 fully saturated rings. The molecule has 142 valence electrons. The van der Waals surface area contributed by atoms with Crippen LogP contribution in [0.2, 0.25) is 0 Å². The Morgan fingerprint density at radius 1 is 1.12 bits per heavy atom. The van der Waals surface area contributed by atoms with E-state index in [1.54, 1.807) is 0 Å². The van der Waals surface area contributed by atoms with Gasteiger partial charge in [-0.05, 0) is 26.3 Å². The van der Waals surface area contributed by atoms with Crippen LogP contribution in [-0.4, -0.2) is 49.5 Å². The summed E-state index contributed by atoms with van der Waals surface area (Å²) in [5, 5.41) is 6.49. The lowest BCUT2D eigenvalue weighted by molar-refractivity contribution is -0.130. The summed E-state index contributed by atoms with van der Waals surface area (Å²) in [6, 6.07) is 10.4. The number of aliphatic imine (C=N–C) groups is 1. The van der Waals surface area contributed by atoms with E-state index < -0.39 is 0 Å². The minimum atomic E-state index is 0. The van der Waals surface area contributed by atoms with Crippen LogP contribution in [0, 0.1) is 0 Å². The Morgan fingerprint density at radius 2 is 1.76 bits per heavy atom. The van der Waals surface area contributed by atoms with Crippen molar-refractivity contribution in [2.75, 3.05) is 32.7 Å². The van der Waals surface area contributed by atoms with E-state index in [0.717, 1.165) is 25.6 Å². The molecule has 1 atom stereocenters. The van der Waals surface area contributed by atoms with Gasteiger partial charge in [-0.25, -0.2) is 0 Å². The molecule has 0 saturated carbocycles. The lowest BCUT2D eigenvalue weighted by Gasteiger charge is -2.19. The maximum absolute atomic E-state index is 12.0. The van der Waals surface area contributed by atoms with E-state index in [-0.39, 0.29) is 29.9 Å². The predicted molar refractivity (Wildman–Crippen MR) is 117 cm³/mol. The first-order chi connectivity index (χ1) is 11.6. The quantitative estimate of drug-likeness (QED) is 0.338. The molecule has 0 saturated heterocycles. The Bertz CT molecular complexity index is 503. The van der Waals surface area contributed by atoms with Gasteiger partial charge in [0, 0.05) is 45.1 Å². The molecular formula is C19H33IN4O. The van der Waals surface area contributed by atoms with Crippen LogP contribution < -0.4 is 10.6 Å². The smallest absolute Gasteiger partial charge is 0.224 e. The zero-order valence-electron chi connectivity index (χ0n) is 15.9. The summed E-state index contributed by atoms with van der Waals surface area (Å²) in [7, 11) is 0. The molecule has 0 heterocycles. The van der Waals surface area contributed by atoms with Crippen molar-refractivity contribution in [2.24, 2.45) is 4.99 Å². The molecular weight excluding hydrogens is 427 g/mol. The van der Waals surface area contributed by atoms with Gasteiger partial charge in [0.25, 0.3) is 0 Å². The van der Waals surface area contributed by atoms with Crippen LogP contribution in [0.15, 0.2) is 35.3 Å². The maximum atomic E-state index is 12.0. The number of hydrogen-bond acceptors (Lipinski definition) is 2. The standard InChI is InChI=1S/C19H32N4O.HI/c1-5-20-19(21-14-13-18(24)23(6-2)7-3)22-15-16(4)17-11-9-8-10-12-17;/h8-12,16H,5-7,13-15H2,1-4H3,(H2,20,21,22);1H. The summed E-state index contributed by atoms with van der Waals surface area (Å²) in [6.07, 6.45) is 0.486. The van der Waals surface area contributed by atoms with Gasteiger partial charge in [0.2, 0.25) is 5.91 Å². The number of nitrogens with zero attached hydrogens (tertiary/aromatic N) is 2. The molecule has 1 rings (SSSR count). The number of nitrogens with one attached hydrogen (secondary N) is 2. The van der Waals surface area contributed by atoms with E-state index in [1.807, 2.05) is 31.7 Å². The molecule has 0 aromatic heterocycles. The van der Waals surface area contributed by atoms with Gasteiger partial charge in [0.05, 0.1) is 0 Å². The first-order valence-corrected chi connectivity index (χ1v) is 8.97. The van der Waals surface area contributed by atoms with Gasteiger partial charge in [0.15, 0.2) is 5.96 Å². The molecule has 1 amide bonds. The van der Waals surface area contributed by atoms with Crippen molar-refractivity contribution >= 4 is 35.8 Å². The number of hydrogen-bond donors (Lipinski definition) is 2. The van der Waals surface area contributed by atoms with Crippen molar-refractivity contribution in [3.8, 4) is 0 Å². The average Bonchev–Trinajstić information content (AvgIpc) is 2.61. The third-order valence-electron chi connectivity index (χ3n) is 3.98. The SMILES string of the molecule is CCNC(=NCC(C)c1ccccc1)NCCC(=O)N(CC)CC.I. The molecule has 2 N–H and O–H groups in total. The zero-order valence-corrected chi connectivity index (χ0v) is 18.2. The second kappa shape index (κ2) is 13.9. The van der Waals surface area contributed by atoms with Gasteiger partial charge < -0.3 is 15.5 Å². The van der Waals surface area contributed by atoms with Crippen molar-refractivity contribution in [1.29, 1.82) is 0 Å². The maximum Gasteiger partial charge on any atom is 0.224 e. The predicted octanol–water partition coefficient (Wildman–Crippen LogP) is 3.22. The largest absolute Gasteiger partial charge is 0.357 e. The summed E-state index contributed by atoms with van der Waals surface area (Å²) in [5.74, 6) is 1.31. The number of amides is 1. The van der Waals surface area contributed by atoms with Crippen molar-refractivity contribution in [3.05, 3.63) is 35.9 Å². The van der Waals surface area contributed by atoms with E-state index in [1.165, 1.54) is 5.56 Å². The Balaban J connectivity index is 0.00000576. The Hall–Kier alpha value is -1.31. The van der Waals surface area contributed by atoms with E-state index in [2.05, 4.69) is 46.8 Å². The molecule has 0 aliphatic heterocycles. The highest BCUT2D eigenvalue weighted by Gasteiger charge is 2.09. The minimum absolute atomic E-state index is 0. The monoisotopic (exact) mass is 460 g/mol. The summed E-state index contributed by atoms with van der Waals surface area (Å²) in [5.41, 5.74) is 1.29. The highest BCUT2D eigenvalue weighted by Crippen LogP contribution is 2.14. The zero-order chi connectivity index (χ0) is 17.8. The highest BCUT2D eigenvalue weighted by atomic mass is 127. The summed E-state index contributed by atoms with van der Waals surface area (Å²) < 4.78 is 0. The Labute approximate surface area is 169 Å². The number of halogens is 1. The fourth-order valence-corrected chi connectivity index (χ4v) is 2.48. The number of benzene rings is 1. The summed E-state index contributed by atoms with van der Waals surface area (Å²) >= 11 is 0. The minimum Gasteiger partial charge on any atom is -0.357 e. The number of carbonyl (C=O) groups excluding carboxylic acids is 1. The van der Waals surface area contributed by atoms with Crippen LogP contribution in [0.5, 0.6) is 0 Å². The van der Waals surface area contributed by atoms with Gasteiger partial charge >= 0.3 is 0 Å². The first-order valence-electron chi connectivity index (χ1n) is 8.97. The highest BCUT2D eigenvalue weighted by molar-refractivity contribution is 14.0. The van der Waals surface area contributed by atoms with Crippen molar-refractivity contribution in [3.63, 3.8) is 0 Å². The molecule has 1 aromatic rings. The fourth-order valence-electron chi connectivity index (χ4n) is 2.48. The van der Waals surface area contributed by atoms with Crippen LogP contribution >= 0.6 is 24.0 Å². The second-order valence-electron chi connectivity index (χ2n) is 5.77. The fraction of sp³-hybridized carbons (Fsp3) is 0.579. The van der Waals surface area contributed by atoms with Gasteiger partial charge in [-0.3, -0.25) is 9.79 Å². The topological polar surface area (TPSA) is 56.7 Å². The van der Waals surface area contributed by atoms with Crippen molar-refractivity contribution in [2.45, 2.75) is 40.0 Å². The molecule has 1 unspecified atom stereocenters. The van der Waals surface area contributed by atoms with Crippen LogP contribution in [0.4, 0.5) is 0 Å². The molecule has 25 heavy (non-hydrogen) atoms. The molecule has 5 nitrogen and oxygen atoms in total. The molecule has 0 spiro atoms. The second-order valence-corrected chi connectivity index (χ2v) is 5.77. The molecule has 1 aromatic carbocycles. The van der Waals surface area contributed by atoms with Crippen molar-refractivity contribution in [1.82, 2.24) is 15.5 Å². The molecule has 0 radical (unpaired) electrons. The number of carbonyl (C=O) groups is 1. The van der Waals surface area contributed by atoms with E-state index in [0.29, 0.717) is 25.4 Å². The molecule has 0 aliphatic rings. The lowest BCUT2D eigenvalue weighted by Crippen LogP contribution is -2.40. The normalized spacial score (nSPS) is 12.1. The van der Waals surface area contributed by atoms with Gasteiger partial charge in [-0.1, -0.05) is 37.3 Å². The third kappa shape index (κ3) is 9.09. The molecule has 0 bridgehead atoms. The van der Waals surface area contributed by atoms with Crippen LogP contribution in [-0.2, 0) is 4.79 Å². The average molecular weight is 460 g/mol. The summed E-state index contributed by atoms with van der Waals surface area (Å²) in [4.78, 5) is 18.5. The van der Waals surface area contributed by atoms with Crippen LogP contribution in [0.25, 0.3) is 0 Å². The van der Waals surface area contributed by atoms with Crippen molar-refractivity contribution < 1.29 is 4.79 Å². The Kier molecular flexibility index (Phi) is 13.2. The van der Waals surface area contributed by atoms with Gasteiger partial charge in [0.1, 0.15) is 0 Å². The first kappa shape index (κ1) is 23.7. The van der Waals surface area contributed by atoms with Gasteiger partial charge in [-0.15, -0.1) is 24.0 Å². The van der Waals surface area contributed by atoms with Crippen LogP contribution in [0.3, 0.4) is 0 Å². The number of guanidine groups is 1. The molecule has 0 aliphatic carbocycles. The van der Waals surface area contributed by atoms with E-state index >= 15 is 0 Å². The van der Waals surface area contributed by atoms with Crippen LogP contribution in [0.1, 0.15) is 45.6 Å². The lowest BCUT2D eigenvalue weighted by atomic mass is 10.0. The van der Waals surface area contributed by atoms with E-state index in [4.69, 9.17) is 0 Å². The van der Waals surface area contributed by atoms with Gasteiger partial charge in [-0.2, -0.15) is 0 Å². The Morgan fingerprint density at radius 3 is 2.32 bits per heavy atom.